The van der Waals surface area contributed by atoms with Crippen molar-refractivity contribution in [2.45, 2.75) is 0 Å². The molecule has 4 nitrogen and oxygen atoms in total. The van der Waals surface area contributed by atoms with Crippen molar-refractivity contribution in [2.75, 3.05) is 0 Å². The Morgan fingerprint density at radius 2 is 1.04 bits per heavy atom. The largest absolute Gasteiger partial charge is 0.308 e. The van der Waals surface area contributed by atoms with E-state index in [1.807, 2.05) is 0 Å². The summed E-state index contributed by atoms with van der Waals surface area (Å²) in [4.78, 5) is 12.3. The fraction of sp³-hybridized carbons (Fsp3) is 0. The molecule has 1 aliphatic rings. The number of aromatic nitrogens is 4. The van der Waals surface area contributed by atoms with Gasteiger partial charge in [0.25, 0.3) is 0 Å². The Morgan fingerprint density at radius 3 is 1.86 bits per heavy atom. The Bertz CT molecular complexity index is 3640. The van der Waals surface area contributed by atoms with Gasteiger partial charge < -0.3 is 4.57 Å². The first-order valence-corrected chi connectivity index (χ1v) is 20.2. The summed E-state index contributed by atoms with van der Waals surface area (Å²) in [5.41, 5.74) is 15.8. The molecular formula is C52H30N4S. The molecule has 0 bridgehead atoms. The molecule has 0 spiro atoms. The second kappa shape index (κ2) is 11.6. The van der Waals surface area contributed by atoms with Crippen LogP contribution in [0.2, 0.25) is 0 Å². The zero-order valence-corrected chi connectivity index (χ0v) is 31.3. The normalized spacial score (nSPS) is 12.2. The van der Waals surface area contributed by atoms with Gasteiger partial charge in [0.1, 0.15) is 16.0 Å². The highest BCUT2D eigenvalue weighted by atomic mass is 32.1. The molecule has 57 heavy (non-hydrogen) atoms. The Balaban J connectivity index is 1.26. The van der Waals surface area contributed by atoms with Crippen molar-refractivity contribution in [3.8, 4) is 56.1 Å². The molecule has 0 N–H and O–H groups in total. The van der Waals surface area contributed by atoms with Gasteiger partial charge >= 0.3 is 0 Å². The quantitative estimate of drug-likeness (QED) is 0.181. The first-order valence-electron chi connectivity index (χ1n) is 19.3. The van der Waals surface area contributed by atoms with Gasteiger partial charge in [0.15, 0.2) is 5.82 Å². The molecule has 0 aliphatic carbocycles. The van der Waals surface area contributed by atoms with Gasteiger partial charge in [-0.2, -0.15) is 0 Å². The van der Waals surface area contributed by atoms with Crippen LogP contribution in [0.3, 0.4) is 0 Å². The summed E-state index contributed by atoms with van der Waals surface area (Å²) < 4.78 is 6.09. The smallest absolute Gasteiger partial charge is 0.165 e. The first-order chi connectivity index (χ1) is 28.3. The van der Waals surface area contributed by atoms with Crippen molar-refractivity contribution in [1.82, 2.24) is 19.1 Å². The van der Waals surface area contributed by atoms with E-state index in [1.54, 1.807) is 11.3 Å². The fourth-order valence-electron chi connectivity index (χ4n) is 9.55. The first kappa shape index (κ1) is 30.9. The van der Waals surface area contributed by atoms with E-state index >= 15 is 0 Å². The van der Waals surface area contributed by atoms with Crippen LogP contribution in [-0.4, -0.2) is 19.1 Å². The molecule has 0 fully saturated rings. The molecule has 4 aromatic heterocycles. The van der Waals surface area contributed by atoms with Crippen LogP contribution >= 0.6 is 11.3 Å². The van der Waals surface area contributed by atoms with Gasteiger partial charge in [-0.1, -0.05) is 152 Å². The maximum Gasteiger partial charge on any atom is 0.165 e. The van der Waals surface area contributed by atoms with E-state index in [-0.39, 0.29) is 0 Å². The van der Waals surface area contributed by atoms with Crippen LogP contribution in [0.1, 0.15) is 0 Å². The number of fused-ring (bicyclic) bond motifs is 15. The van der Waals surface area contributed by atoms with Gasteiger partial charge in [0, 0.05) is 48.3 Å². The van der Waals surface area contributed by atoms with E-state index in [1.165, 1.54) is 65.2 Å². The number of rotatable bonds is 3. The van der Waals surface area contributed by atoms with Crippen molar-refractivity contribution in [2.24, 2.45) is 0 Å². The van der Waals surface area contributed by atoms with Crippen LogP contribution in [-0.2, 0) is 0 Å². The van der Waals surface area contributed by atoms with Crippen molar-refractivity contribution in [1.29, 1.82) is 0 Å². The Labute approximate surface area is 331 Å². The molecule has 0 saturated carbocycles. The molecule has 13 rings (SSSR count). The number of benzene rings is 8. The fourth-order valence-corrected chi connectivity index (χ4v) is 10.6. The number of hydrogen-bond donors (Lipinski definition) is 0. The SMILES string of the molecule is c1ccc(-c2ccccc2-c2nc3sc4ccccc4c3nc2-n2c3ccccc3c3c4c5c(cc32)c2ccccc2n5-c2ccccc2-c2ccccc2-4)cc1. The molecule has 5 heterocycles. The number of thiophene rings is 1. The molecule has 0 radical (unpaired) electrons. The molecule has 5 heteroatoms. The lowest BCUT2D eigenvalue weighted by atomic mass is 9.91. The van der Waals surface area contributed by atoms with E-state index in [9.17, 15) is 0 Å². The van der Waals surface area contributed by atoms with Gasteiger partial charge in [-0.3, -0.25) is 4.57 Å². The van der Waals surface area contributed by atoms with Gasteiger partial charge in [-0.05, 0) is 52.6 Å². The minimum Gasteiger partial charge on any atom is -0.308 e. The zero-order valence-electron chi connectivity index (χ0n) is 30.5. The monoisotopic (exact) mass is 742 g/mol. The highest BCUT2D eigenvalue weighted by Crippen LogP contribution is 2.52. The van der Waals surface area contributed by atoms with Crippen molar-refractivity contribution in [3.63, 3.8) is 0 Å². The summed E-state index contributed by atoms with van der Waals surface area (Å²) in [5, 5.41) is 5.95. The summed E-state index contributed by atoms with van der Waals surface area (Å²) in [6.07, 6.45) is 0. The average molecular weight is 743 g/mol. The van der Waals surface area contributed by atoms with Crippen LogP contribution in [0.25, 0.3) is 120 Å². The predicted octanol–water partition coefficient (Wildman–Crippen LogP) is 14.0. The van der Waals surface area contributed by atoms with E-state index in [2.05, 4.69) is 191 Å². The number of nitrogens with zero attached hydrogens (tertiary/aromatic N) is 4. The third-order valence-corrected chi connectivity index (χ3v) is 13.0. The van der Waals surface area contributed by atoms with Crippen molar-refractivity contribution in [3.05, 3.63) is 182 Å². The third kappa shape index (κ3) is 4.21. The third-order valence-electron chi connectivity index (χ3n) is 11.9. The minimum atomic E-state index is 0.820. The van der Waals surface area contributed by atoms with Crippen LogP contribution in [0.4, 0.5) is 0 Å². The molecule has 0 saturated heterocycles. The van der Waals surface area contributed by atoms with E-state index < -0.39 is 0 Å². The van der Waals surface area contributed by atoms with Crippen molar-refractivity contribution >= 4 is 75.4 Å². The van der Waals surface area contributed by atoms with E-state index in [0.717, 1.165) is 55.0 Å². The second-order valence-corrected chi connectivity index (χ2v) is 15.9. The van der Waals surface area contributed by atoms with Gasteiger partial charge in [0.2, 0.25) is 0 Å². The van der Waals surface area contributed by atoms with Gasteiger partial charge in [0.05, 0.1) is 27.8 Å². The lowest BCUT2D eigenvalue weighted by Crippen LogP contribution is -2.04. The molecule has 12 aromatic rings. The van der Waals surface area contributed by atoms with E-state index in [4.69, 9.17) is 9.97 Å². The number of hydrogen-bond acceptors (Lipinski definition) is 3. The lowest BCUT2D eigenvalue weighted by molar-refractivity contribution is 1.09. The lowest BCUT2D eigenvalue weighted by Gasteiger charge is -2.16. The highest BCUT2D eigenvalue weighted by molar-refractivity contribution is 7.25. The highest BCUT2D eigenvalue weighted by Gasteiger charge is 2.30. The second-order valence-electron chi connectivity index (χ2n) is 14.9. The van der Waals surface area contributed by atoms with Crippen LogP contribution in [0, 0.1) is 0 Å². The summed E-state index contributed by atoms with van der Waals surface area (Å²) in [5.74, 6) is 0.820. The molecule has 8 aromatic carbocycles. The van der Waals surface area contributed by atoms with Gasteiger partial charge in [-0.15, -0.1) is 11.3 Å². The number of para-hydroxylation sites is 3. The summed E-state index contributed by atoms with van der Waals surface area (Å²) in [6, 6.07) is 65.8. The maximum absolute atomic E-state index is 5.74. The molecule has 1 aliphatic heterocycles. The van der Waals surface area contributed by atoms with Crippen LogP contribution in [0.5, 0.6) is 0 Å². The summed E-state index contributed by atoms with van der Waals surface area (Å²) in [6.45, 7) is 0. The predicted molar refractivity (Wildman–Crippen MR) is 239 cm³/mol. The van der Waals surface area contributed by atoms with Crippen LogP contribution < -0.4 is 0 Å². The standard InChI is InChI=1S/C52H30N4S/c1-2-16-31(17-3-1)32-18-4-7-23-37(32)48-51(53-49-39-25-11-15-29-45(39)57-52(49)54-48)56-43-28-14-10-24-38(43)46-44(56)30-40-35-21-9-13-27-42(35)55-41-26-12-8-20-34(41)33-19-5-6-22-36(33)47(46)50(40)55/h1-30H. The zero-order chi connectivity index (χ0) is 37.2. The summed E-state index contributed by atoms with van der Waals surface area (Å²) in [7, 11) is 0. The molecule has 264 valence electrons. The minimum absolute atomic E-state index is 0.820. The molecule has 0 unspecified atom stereocenters. The van der Waals surface area contributed by atoms with Crippen molar-refractivity contribution < 1.29 is 0 Å². The summed E-state index contributed by atoms with van der Waals surface area (Å²) >= 11 is 1.71. The Hall–Kier alpha value is -7.34. The molecule has 0 amide bonds. The Morgan fingerprint density at radius 1 is 0.421 bits per heavy atom. The Kier molecular flexibility index (Phi) is 6.29. The van der Waals surface area contributed by atoms with Gasteiger partial charge in [-0.25, -0.2) is 9.97 Å². The maximum atomic E-state index is 5.74. The molecule has 0 atom stereocenters. The van der Waals surface area contributed by atoms with Crippen LogP contribution in [0.15, 0.2) is 182 Å². The topological polar surface area (TPSA) is 35.6 Å². The molecular weight excluding hydrogens is 713 g/mol. The average Bonchev–Trinajstić information content (AvgIpc) is 3.90. The van der Waals surface area contributed by atoms with E-state index in [0.29, 0.717) is 0 Å².